The number of rotatable bonds is 3. The van der Waals surface area contributed by atoms with Crippen LogP contribution in [0.1, 0.15) is 11.6 Å². The smallest absolute Gasteiger partial charge is 0.312 e. The molecule has 1 aromatic rings. The second kappa shape index (κ2) is 4.73. The SMILES string of the molecule is N[C@@H](CO)c1cc(I)cc([N+](=O)[O-])c1O. The number of nitro benzene ring substituents is 1. The first kappa shape index (κ1) is 12.1. The molecule has 0 bridgehead atoms. The summed E-state index contributed by atoms with van der Waals surface area (Å²) in [7, 11) is 0. The van der Waals surface area contributed by atoms with Crippen molar-refractivity contribution in [3.8, 4) is 5.75 Å². The zero-order chi connectivity index (χ0) is 11.6. The van der Waals surface area contributed by atoms with Gasteiger partial charge < -0.3 is 15.9 Å². The van der Waals surface area contributed by atoms with Gasteiger partial charge in [-0.05, 0) is 28.7 Å². The van der Waals surface area contributed by atoms with E-state index in [0.717, 1.165) is 0 Å². The average Bonchev–Trinajstić information content (AvgIpc) is 2.19. The van der Waals surface area contributed by atoms with Crippen LogP contribution < -0.4 is 5.73 Å². The van der Waals surface area contributed by atoms with E-state index in [1.165, 1.54) is 12.1 Å². The maximum atomic E-state index is 10.6. The number of aliphatic hydroxyl groups is 1. The molecule has 1 rings (SSSR count). The molecule has 0 saturated carbocycles. The Kier molecular flexibility index (Phi) is 3.83. The fourth-order valence-electron chi connectivity index (χ4n) is 1.13. The molecular formula is C8H9IN2O4. The lowest BCUT2D eigenvalue weighted by Crippen LogP contribution is -2.15. The van der Waals surface area contributed by atoms with Crippen molar-refractivity contribution >= 4 is 28.3 Å². The third-order valence-corrected chi connectivity index (χ3v) is 2.50. The Balaban J connectivity index is 3.34. The van der Waals surface area contributed by atoms with Crippen molar-refractivity contribution in [2.24, 2.45) is 5.73 Å². The summed E-state index contributed by atoms with van der Waals surface area (Å²) in [5.74, 6) is -0.484. The zero-order valence-electron chi connectivity index (χ0n) is 7.55. The minimum Gasteiger partial charge on any atom is -0.502 e. The van der Waals surface area contributed by atoms with Crippen LogP contribution in [0.3, 0.4) is 0 Å². The maximum absolute atomic E-state index is 10.6. The van der Waals surface area contributed by atoms with Gasteiger partial charge in [0.2, 0.25) is 0 Å². The Bertz CT molecular complexity index is 396. The second-order valence-electron chi connectivity index (χ2n) is 2.91. The molecule has 82 valence electrons. The van der Waals surface area contributed by atoms with Crippen molar-refractivity contribution in [3.05, 3.63) is 31.4 Å². The van der Waals surface area contributed by atoms with Crippen molar-refractivity contribution in [1.82, 2.24) is 0 Å². The predicted molar refractivity (Wildman–Crippen MR) is 61.5 cm³/mol. The molecule has 0 radical (unpaired) electrons. The highest BCUT2D eigenvalue weighted by Gasteiger charge is 2.21. The normalized spacial score (nSPS) is 12.5. The second-order valence-corrected chi connectivity index (χ2v) is 4.15. The quantitative estimate of drug-likeness (QED) is 0.435. The highest BCUT2D eigenvalue weighted by molar-refractivity contribution is 14.1. The van der Waals surface area contributed by atoms with Gasteiger partial charge in [0.25, 0.3) is 0 Å². The first-order valence-corrected chi connectivity index (χ1v) is 5.08. The van der Waals surface area contributed by atoms with E-state index in [-0.39, 0.29) is 12.2 Å². The van der Waals surface area contributed by atoms with Crippen LogP contribution >= 0.6 is 22.6 Å². The molecule has 4 N–H and O–H groups in total. The number of aromatic hydroxyl groups is 1. The van der Waals surface area contributed by atoms with E-state index in [1.807, 2.05) is 22.6 Å². The summed E-state index contributed by atoms with van der Waals surface area (Å²) >= 11 is 1.88. The van der Waals surface area contributed by atoms with E-state index in [1.54, 1.807) is 0 Å². The van der Waals surface area contributed by atoms with Gasteiger partial charge in [-0.2, -0.15) is 0 Å². The summed E-state index contributed by atoms with van der Waals surface area (Å²) in [6.07, 6.45) is 0. The summed E-state index contributed by atoms with van der Waals surface area (Å²) in [6, 6.07) is 1.92. The number of hydrogen-bond acceptors (Lipinski definition) is 5. The van der Waals surface area contributed by atoms with Gasteiger partial charge in [0.05, 0.1) is 17.6 Å². The fraction of sp³-hybridized carbons (Fsp3) is 0.250. The number of halogens is 1. The molecule has 6 nitrogen and oxygen atoms in total. The van der Waals surface area contributed by atoms with Crippen LogP contribution in [0.5, 0.6) is 5.75 Å². The minimum atomic E-state index is -0.821. The van der Waals surface area contributed by atoms with Crippen LogP contribution in [0.4, 0.5) is 5.69 Å². The third-order valence-electron chi connectivity index (χ3n) is 1.88. The van der Waals surface area contributed by atoms with Gasteiger partial charge in [0.1, 0.15) is 0 Å². The summed E-state index contributed by atoms with van der Waals surface area (Å²) < 4.78 is 0.580. The Morgan fingerprint density at radius 3 is 2.67 bits per heavy atom. The summed E-state index contributed by atoms with van der Waals surface area (Å²) in [4.78, 5) is 9.89. The molecule has 0 heterocycles. The van der Waals surface area contributed by atoms with Crippen LogP contribution in [-0.2, 0) is 0 Å². The molecule has 7 heteroatoms. The molecule has 0 unspecified atom stereocenters. The number of phenols is 1. The van der Waals surface area contributed by atoms with E-state index in [4.69, 9.17) is 10.8 Å². The number of phenolic OH excluding ortho intramolecular Hbond substituents is 1. The lowest BCUT2D eigenvalue weighted by molar-refractivity contribution is -0.386. The van der Waals surface area contributed by atoms with Crippen LogP contribution in [0.15, 0.2) is 12.1 Å². The Labute approximate surface area is 99.0 Å². The molecule has 0 amide bonds. The van der Waals surface area contributed by atoms with Gasteiger partial charge in [-0.15, -0.1) is 0 Å². The number of benzene rings is 1. The number of hydrogen-bond donors (Lipinski definition) is 3. The van der Waals surface area contributed by atoms with Crippen molar-refractivity contribution in [1.29, 1.82) is 0 Å². The van der Waals surface area contributed by atoms with E-state index in [9.17, 15) is 15.2 Å². The van der Waals surface area contributed by atoms with Crippen LogP contribution in [-0.4, -0.2) is 21.7 Å². The van der Waals surface area contributed by atoms with Gasteiger partial charge >= 0.3 is 5.69 Å². The van der Waals surface area contributed by atoms with Gasteiger partial charge in [-0.1, -0.05) is 0 Å². The van der Waals surface area contributed by atoms with Crippen molar-refractivity contribution in [2.75, 3.05) is 6.61 Å². The molecule has 0 spiro atoms. The zero-order valence-corrected chi connectivity index (χ0v) is 9.71. The van der Waals surface area contributed by atoms with E-state index in [2.05, 4.69) is 0 Å². The van der Waals surface area contributed by atoms with Gasteiger partial charge in [-0.3, -0.25) is 10.1 Å². The molecule has 0 aromatic heterocycles. The van der Waals surface area contributed by atoms with E-state index < -0.39 is 22.4 Å². The fourth-order valence-corrected chi connectivity index (χ4v) is 1.76. The minimum absolute atomic E-state index is 0.177. The molecule has 0 saturated heterocycles. The number of nitrogens with zero attached hydrogens (tertiary/aromatic N) is 1. The van der Waals surface area contributed by atoms with E-state index >= 15 is 0 Å². The number of nitrogens with two attached hydrogens (primary N) is 1. The number of aliphatic hydroxyl groups excluding tert-OH is 1. The first-order valence-electron chi connectivity index (χ1n) is 4.00. The number of nitro groups is 1. The highest BCUT2D eigenvalue weighted by Crippen LogP contribution is 2.34. The van der Waals surface area contributed by atoms with Crippen molar-refractivity contribution in [3.63, 3.8) is 0 Å². The molecule has 0 fully saturated rings. The predicted octanol–water partition coefficient (Wildman–Crippen LogP) is 0.897. The molecular weight excluding hydrogens is 315 g/mol. The van der Waals surface area contributed by atoms with Crippen molar-refractivity contribution in [2.45, 2.75) is 6.04 Å². The lowest BCUT2D eigenvalue weighted by Gasteiger charge is -2.11. The summed E-state index contributed by atoms with van der Waals surface area (Å²) in [5.41, 5.74) is 5.27. The van der Waals surface area contributed by atoms with E-state index in [0.29, 0.717) is 3.57 Å². The largest absolute Gasteiger partial charge is 0.502 e. The molecule has 15 heavy (non-hydrogen) atoms. The van der Waals surface area contributed by atoms with Crippen LogP contribution in [0.25, 0.3) is 0 Å². The molecule has 0 aliphatic carbocycles. The standard InChI is InChI=1S/C8H9IN2O4/c9-4-1-5(6(10)3-12)8(13)7(2-4)11(14)15/h1-2,6,12-13H,3,10H2/t6-/m0/s1. The Hall–Kier alpha value is -0.930. The van der Waals surface area contributed by atoms with Crippen LogP contribution in [0, 0.1) is 13.7 Å². The Morgan fingerprint density at radius 2 is 2.20 bits per heavy atom. The monoisotopic (exact) mass is 324 g/mol. The lowest BCUT2D eigenvalue weighted by atomic mass is 10.1. The van der Waals surface area contributed by atoms with Gasteiger partial charge in [0.15, 0.2) is 5.75 Å². The topological polar surface area (TPSA) is 110 Å². The van der Waals surface area contributed by atoms with Crippen molar-refractivity contribution < 1.29 is 15.1 Å². The van der Waals surface area contributed by atoms with Crippen LogP contribution in [0.2, 0.25) is 0 Å². The Morgan fingerprint density at radius 1 is 1.60 bits per heavy atom. The maximum Gasteiger partial charge on any atom is 0.312 e. The highest BCUT2D eigenvalue weighted by atomic mass is 127. The first-order chi connectivity index (χ1) is 6.97. The average molecular weight is 324 g/mol. The summed E-state index contributed by atoms with van der Waals surface area (Å²) in [6.45, 7) is -0.384. The third kappa shape index (κ3) is 2.55. The van der Waals surface area contributed by atoms with Gasteiger partial charge in [-0.25, -0.2) is 0 Å². The molecule has 1 atom stereocenters. The van der Waals surface area contributed by atoms with Gasteiger partial charge in [0, 0.05) is 15.2 Å². The molecule has 0 aliphatic heterocycles. The molecule has 1 aromatic carbocycles. The summed E-state index contributed by atoms with van der Waals surface area (Å²) in [5, 5.41) is 28.9. The molecule has 0 aliphatic rings.